The first-order valence-electron chi connectivity index (χ1n) is 8.38. The number of hydrogen-bond acceptors (Lipinski definition) is 3. The Labute approximate surface area is 132 Å². The minimum Gasteiger partial charge on any atom is -0.493 e. The molecule has 0 aromatic heterocycles. The number of nitrogens with one attached hydrogen (secondary N) is 1. The van der Waals surface area contributed by atoms with Gasteiger partial charge >= 0.3 is 0 Å². The zero-order valence-corrected chi connectivity index (χ0v) is 13.3. The second-order valence-electron chi connectivity index (χ2n) is 6.55. The highest BCUT2D eigenvalue weighted by molar-refractivity contribution is 5.73. The number of carbonyl (C=O) groups is 1. The van der Waals surface area contributed by atoms with Gasteiger partial charge in [0.2, 0.25) is 5.91 Å². The minimum atomic E-state index is 0.215. The lowest BCUT2D eigenvalue weighted by Gasteiger charge is -2.36. The molecule has 0 aliphatic carbocycles. The molecular formula is C18H26N2O2. The van der Waals surface area contributed by atoms with Crippen molar-refractivity contribution in [2.24, 2.45) is 17.8 Å². The standard InChI is InChI=1S/C18H26N2O2/c1-14(21)20-9-7-15(8-10-20)18-12-19-11-16(18)13-22-17-5-3-2-4-6-17/h2-6,15-16,18-19H,7-13H2,1H3/t16-,18-/m0/s1. The number of ether oxygens (including phenoxy) is 1. The summed E-state index contributed by atoms with van der Waals surface area (Å²) < 4.78 is 5.97. The number of piperidine rings is 1. The Bertz CT molecular complexity index is 483. The average Bonchev–Trinajstić information content (AvgIpc) is 3.02. The Morgan fingerprint density at radius 1 is 1.23 bits per heavy atom. The molecule has 1 N–H and O–H groups in total. The fourth-order valence-electron chi connectivity index (χ4n) is 3.85. The summed E-state index contributed by atoms with van der Waals surface area (Å²) in [7, 11) is 0. The predicted molar refractivity (Wildman–Crippen MR) is 86.8 cm³/mol. The predicted octanol–water partition coefficient (Wildman–Crippen LogP) is 2.16. The summed E-state index contributed by atoms with van der Waals surface area (Å²) in [5, 5.41) is 3.53. The molecule has 2 fully saturated rings. The SMILES string of the molecule is CC(=O)N1CCC([C@@H]2CNC[C@H]2COc2ccccc2)CC1. The number of rotatable bonds is 4. The zero-order chi connectivity index (χ0) is 15.4. The van der Waals surface area contributed by atoms with Crippen LogP contribution in [-0.4, -0.2) is 43.6 Å². The van der Waals surface area contributed by atoms with E-state index in [2.05, 4.69) is 5.32 Å². The van der Waals surface area contributed by atoms with Crippen LogP contribution in [0, 0.1) is 17.8 Å². The van der Waals surface area contributed by atoms with Crippen LogP contribution in [0.4, 0.5) is 0 Å². The third-order valence-corrected chi connectivity index (χ3v) is 5.19. The van der Waals surface area contributed by atoms with E-state index in [1.165, 1.54) is 0 Å². The van der Waals surface area contributed by atoms with Crippen LogP contribution in [0.2, 0.25) is 0 Å². The fraction of sp³-hybridized carbons (Fsp3) is 0.611. The highest BCUT2D eigenvalue weighted by Gasteiger charge is 2.36. The van der Waals surface area contributed by atoms with E-state index in [-0.39, 0.29) is 5.91 Å². The molecule has 3 rings (SSSR count). The van der Waals surface area contributed by atoms with Gasteiger partial charge < -0.3 is 15.0 Å². The lowest BCUT2D eigenvalue weighted by Crippen LogP contribution is -2.40. The summed E-state index contributed by atoms with van der Waals surface area (Å²) in [5.41, 5.74) is 0. The van der Waals surface area contributed by atoms with Gasteiger partial charge in [-0.25, -0.2) is 0 Å². The van der Waals surface area contributed by atoms with Gasteiger partial charge in [0.05, 0.1) is 6.61 Å². The van der Waals surface area contributed by atoms with Crippen molar-refractivity contribution >= 4 is 5.91 Å². The van der Waals surface area contributed by atoms with E-state index in [1.54, 1.807) is 6.92 Å². The van der Waals surface area contributed by atoms with Crippen molar-refractivity contribution in [3.63, 3.8) is 0 Å². The van der Waals surface area contributed by atoms with E-state index in [0.717, 1.165) is 57.3 Å². The van der Waals surface area contributed by atoms with Gasteiger partial charge in [0, 0.05) is 32.5 Å². The Morgan fingerprint density at radius 3 is 2.64 bits per heavy atom. The van der Waals surface area contributed by atoms with Crippen LogP contribution >= 0.6 is 0 Å². The van der Waals surface area contributed by atoms with Crippen LogP contribution < -0.4 is 10.1 Å². The zero-order valence-electron chi connectivity index (χ0n) is 13.3. The van der Waals surface area contributed by atoms with Crippen molar-refractivity contribution in [2.75, 3.05) is 32.8 Å². The van der Waals surface area contributed by atoms with Crippen molar-refractivity contribution in [1.82, 2.24) is 10.2 Å². The van der Waals surface area contributed by atoms with Crippen LogP contribution in [0.3, 0.4) is 0 Å². The summed E-state index contributed by atoms with van der Waals surface area (Å²) in [6, 6.07) is 10.1. The molecule has 0 radical (unpaired) electrons. The second-order valence-corrected chi connectivity index (χ2v) is 6.55. The Balaban J connectivity index is 1.52. The molecule has 1 aromatic carbocycles. The molecule has 4 heteroatoms. The van der Waals surface area contributed by atoms with Crippen LogP contribution in [0.1, 0.15) is 19.8 Å². The fourth-order valence-corrected chi connectivity index (χ4v) is 3.85. The van der Waals surface area contributed by atoms with Crippen molar-refractivity contribution in [3.05, 3.63) is 30.3 Å². The molecule has 2 aliphatic heterocycles. The van der Waals surface area contributed by atoms with Gasteiger partial charge in [-0.3, -0.25) is 4.79 Å². The van der Waals surface area contributed by atoms with Crippen molar-refractivity contribution in [2.45, 2.75) is 19.8 Å². The van der Waals surface area contributed by atoms with E-state index in [4.69, 9.17) is 4.74 Å². The first-order chi connectivity index (χ1) is 10.7. The first kappa shape index (κ1) is 15.3. The molecular weight excluding hydrogens is 276 g/mol. The van der Waals surface area contributed by atoms with E-state index in [0.29, 0.717) is 11.8 Å². The highest BCUT2D eigenvalue weighted by Crippen LogP contribution is 2.33. The largest absolute Gasteiger partial charge is 0.493 e. The number of benzene rings is 1. The van der Waals surface area contributed by atoms with Gasteiger partial charge in [-0.05, 0) is 43.4 Å². The lowest BCUT2D eigenvalue weighted by atomic mass is 9.79. The maximum atomic E-state index is 11.4. The third-order valence-electron chi connectivity index (χ3n) is 5.19. The molecule has 22 heavy (non-hydrogen) atoms. The van der Waals surface area contributed by atoms with E-state index in [1.807, 2.05) is 35.2 Å². The van der Waals surface area contributed by atoms with Crippen LogP contribution in [0.5, 0.6) is 5.75 Å². The minimum absolute atomic E-state index is 0.215. The Morgan fingerprint density at radius 2 is 1.95 bits per heavy atom. The van der Waals surface area contributed by atoms with E-state index >= 15 is 0 Å². The molecule has 0 spiro atoms. The number of para-hydroxylation sites is 1. The summed E-state index contributed by atoms with van der Waals surface area (Å²) in [4.78, 5) is 13.4. The van der Waals surface area contributed by atoms with E-state index < -0.39 is 0 Å². The van der Waals surface area contributed by atoms with Crippen LogP contribution in [0.15, 0.2) is 30.3 Å². The molecule has 0 unspecified atom stereocenters. The van der Waals surface area contributed by atoms with Gasteiger partial charge in [0.1, 0.15) is 5.75 Å². The monoisotopic (exact) mass is 302 g/mol. The molecule has 1 aromatic rings. The summed E-state index contributed by atoms with van der Waals surface area (Å²) in [6.07, 6.45) is 2.27. The average molecular weight is 302 g/mol. The van der Waals surface area contributed by atoms with Gasteiger partial charge in [-0.15, -0.1) is 0 Å². The van der Waals surface area contributed by atoms with Crippen LogP contribution in [-0.2, 0) is 4.79 Å². The normalized spacial score (nSPS) is 26.1. The topological polar surface area (TPSA) is 41.6 Å². The van der Waals surface area contributed by atoms with Gasteiger partial charge in [-0.1, -0.05) is 18.2 Å². The molecule has 0 saturated carbocycles. The second kappa shape index (κ2) is 7.14. The third kappa shape index (κ3) is 3.61. The van der Waals surface area contributed by atoms with Crippen LogP contribution in [0.25, 0.3) is 0 Å². The molecule has 2 saturated heterocycles. The number of amides is 1. The van der Waals surface area contributed by atoms with Gasteiger partial charge in [0.15, 0.2) is 0 Å². The molecule has 2 aliphatic rings. The molecule has 1 amide bonds. The smallest absolute Gasteiger partial charge is 0.219 e. The number of hydrogen-bond donors (Lipinski definition) is 1. The maximum absolute atomic E-state index is 11.4. The number of likely N-dealkylation sites (tertiary alicyclic amines) is 1. The first-order valence-corrected chi connectivity index (χ1v) is 8.38. The Hall–Kier alpha value is -1.55. The molecule has 2 heterocycles. The molecule has 2 atom stereocenters. The van der Waals surface area contributed by atoms with Gasteiger partial charge in [-0.2, -0.15) is 0 Å². The summed E-state index contributed by atoms with van der Waals surface area (Å²) in [6.45, 7) is 6.44. The van der Waals surface area contributed by atoms with Crippen molar-refractivity contribution < 1.29 is 9.53 Å². The number of nitrogens with zero attached hydrogens (tertiary/aromatic N) is 1. The lowest BCUT2D eigenvalue weighted by molar-refractivity contribution is -0.130. The van der Waals surface area contributed by atoms with Gasteiger partial charge in [0.25, 0.3) is 0 Å². The summed E-state index contributed by atoms with van der Waals surface area (Å²) >= 11 is 0. The molecule has 4 nitrogen and oxygen atoms in total. The maximum Gasteiger partial charge on any atom is 0.219 e. The van der Waals surface area contributed by atoms with Crippen molar-refractivity contribution in [3.8, 4) is 5.75 Å². The highest BCUT2D eigenvalue weighted by atomic mass is 16.5. The molecule has 0 bridgehead atoms. The molecule has 120 valence electrons. The van der Waals surface area contributed by atoms with Crippen molar-refractivity contribution in [1.29, 1.82) is 0 Å². The quantitative estimate of drug-likeness (QED) is 0.927. The summed E-state index contributed by atoms with van der Waals surface area (Å²) in [5.74, 6) is 3.15. The number of carbonyl (C=O) groups excluding carboxylic acids is 1. The Kier molecular flexibility index (Phi) is 4.98. The van der Waals surface area contributed by atoms with E-state index in [9.17, 15) is 4.79 Å².